The van der Waals surface area contributed by atoms with Crippen molar-refractivity contribution in [2.45, 2.75) is 12.5 Å². The fraction of sp³-hybridized carbons (Fsp3) is 0.208. The maximum Gasteiger partial charge on any atom is 0.349 e. The number of hydrogen-bond acceptors (Lipinski definition) is 5. The van der Waals surface area contributed by atoms with Crippen molar-refractivity contribution in [2.75, 3.05) is 13.1 Å². The summed E-state index contributed by atoms with van der Waals surface area (Å²) in [6.45, 7) is 0.571. The maximum absolute atomic E-state index is 13.0. The van der Waals surface area contributed by atoms with Crippen LogP contribution in [0.4, 0.5) is 0 Å². The number of rotatable bonds is 3. The lowest BCUT2D eigenvalue weighted by Crippen LogP contribution is -2.33. The van der Waals surface area contributed by atoms with Gasteiger partial charge in [-0.1, -0.05) is 36.4 Å². The van der Waals surface area contributed by atoms with Crippen LogP contribution in [0.15, 0.2) is 76.1 Å². The third kappa shape index (κ3) is 3.25. The summed E-state index contributed by atoms with van der Waals surface area (Å²) >= 11 is 0. The van der Waals surface area contributed by atoms with E-state index in [1.54, 1.807) is 35.4 Å². The number of fused-ring (bicyclic) bond motifs is 2. The maximum atomic E-state index is 13.0. The van der Waals surface area contributed by atoms with Crippen molar-refractivity contribution in [2.24, 2.45) is 5.92 Å². The quantitative estimate of drug-likeness (QED) is 0.535. The molecule has 30 heavy (non-hydrogen) atoms. The number of likely N-dealkylation sites (tertiary alicyclic amines) is 1. The van der Waals surface area contributed by atoms with Gasteiger partial charge in [0.1, 0.15) is 11.1 Å². The van der Waals surface area contributed by atoms with E-state index in [-0.39, 0.29) is 18.0 Å². The van der Waals surface area contributed by atoms with Gasteiger partial charge in [-0.3, -0.25) is 9.78 Å². The highest BCUT2D eigenvalue weighted by molar-refractivity contribution is 5.96. The van der Waals surface area contributed by atoms with Gasteiger partial charge in [0.25, 0.3) is 5.91 Å². The molecule has 0 bridgehead atoms. The van der Waals surface area contributed by atoms with Gasteiger partial charge in [-0.15, -0.1) is 0 Å². The molecular formula is C24H20N2O4. The molecule has 3 heterocycles. The van der Waals surface area contributed by atoms with Crippen molar-refractivity contribution in [1.29, 1.82) is 0 Å². The molecule has 6 nitrogen and oxygen atoms in total. The number of aromatic nitrogens is 1. The Morgan fingerprint density at radius 1 is 1.10 bits per heavy atom. The molecule has 1 aliphatic heterocycles. The second-order valence-corrected chi connectivity index (χ2v) is 7.71. The molecule has 2 atom stereocenters. The zero-order chi connectivity index (χ0) is 20.7. The number of pyridine rings is 1. The van der Waals surface area contributed by atoms with Crippen molar-refractivity contribution in [3.8, 4) is 0 Å². The number of nitrogens with zero attached hydrogens (tertiary/aromatic N) is 2. The molecule has 6 heteroatoms. The molecule has 1 saturated heterocycles. The van der Waals surface area contributed by atoms with E-state index in [1.807, 2.05) is 36.4 Å². The summed E-state index contributed by atoms with van der Waals surface area (Å²) in [5.41, 5.74) is 1.78. The molecule has 1 amide bonds. The minimum absolute atomic E-state index is 0.00379. The van der Waals surface area contributed by atoms with Crippen LogP contribution in [0, 0.1) is 5.92 Å². The molecule has 0 unspecified atom stereocenters. The molecule has 1 N–H and O–H groups in total. The van der Waals surface area contributed by atoms with E-state index >= 15 is 0 Å². The number of aliphatic hydroxyl groups excluding tert-OH is 1. The average Bonchev–Trinajstić information content (AvgIpc) is 3.13. The van der Waals surface area contributed by atoms with E-state index in [0.29, 0.717) is 23.9 Å². The molecule has 0 aliphatic carbocycles. The Morgan fingerprint density at radius 3 is 2.80 bits per heavy atom. The fourth-order valence-electron chi connectivity index (χ4n) is 4.22. The third-order valence-corrected chi connectivity index (χ3v) is 5.79. The molecule has 150 valence electrons. The van der Waals surface area contributed by atoms with Crippen LogP contribution in [0.2, 0.25) is 0 Å². The van der Waals surface area contributed by atoms with Gasteiger partial charge in [0.2, 0.25) is 0 Å². The smallest absolute Gasteiger partial charge is 0.349 e. The van der Waals surface area contributed by atoms with Crippen molar-refractivity contribution in [1.82, 2.24) is 9.88 Å². The van der Waals surface area contributed by atoms with E-state index in [4.69, 9.17) is 4.42 Å². The monoisotopic (exact) mass is 400 g/mol. The zero-order valence-electron chi connectivity index (χ0n) is 16.2. The lowest BCUT2D eigenvalue weighted by molar-refractivity contribution is 0.0760. The number of benzene rings is 2. The van der Waals surface area contributed by atoms with Gasteiger partial charge >= 0.3 is 5.63 Å². The number of carbonyl (C=O) groups is 1. The Morgan fingerprint density at radius 2 is 1.90 bits per heavy atom. The third-order valence-electron chi connectivity index (χ3n) is 5.79. The standard InChI is InChI=1S/C24H20N2O4/c27-21-14-26(23(28)19-12-16-5-1-4-8-22(16)30-24(19)29)13-17(21)11-15-9-10-25-20-7-3-2-6-18(15)20/h1-10,12,17,21,27H,11,13-14H2/t17-,21-/m1/s1. The minimum Gasteiger partial charge on any atom is -0.422 e. The molecular weight excluding hydrogens is 380 g/mol. The summed E-state index contributed by atoms with van der Waals surface area (Å²) in [5, 5.41) is 12.4. The van der Waals surface area contributed by atoms with E-state index in [9.17, 15) is 14.7 Å². The molecule has 0 radical (unpaired) electrons. The molecule has 0 saturated carbocycles. The van der Waals surface area contributed by atoms with Crippen LogP contribution in [0.25, 0.3) is 21.9 Å². The van der Waals surface area contributed by atoms with Gasteiger partial charge in [-0.2, -0.15) is 0 Å². The molecule has 5 rings (SSSR count). The second-order valence-electron chi connectivity index (χ2n) is 7.71. The number of aliphatic hydroxyl groups is 1. The van der Waals surface area contributed by atoms with Gasteiger partial charge in [-0.05, 0) is 36.2 Å². The topological polar surface area (TPSA) is 83.6 Å². The summed E-state index contributed by atoms with van der Waals surface area (Å²) in [4.78, 5) is 31.3. The molecule has 1 fully saturated rings. The van der Waals surface area contributed by atoms with Gasteiger partial charge in [0.05, 0.1) is 11.6 Å². The van der Waals surface area contributed by atoms with E-state index in [0.717, 1.165) is 16.5 Å². The number of amides is 1. The molecule has 4 aromatic rings. The second kappa shape index (κ2) is 7.39. The Bertz CT molecular complexity index is 1310. The highest BCUT2D eigenvalue weighted by Crippen LogP contribution is 2.26. The lowest BCUT2D eigenvalue weighted by Gasteiger charge is -2.16. The summed E-state index contributed by atoms with van der Waals surface area (Å²) in [5.74, 6) is -0.525. The van der Waals surface area contributed by atoms with Crippen LogP contribution < -0.4 is 5.63 Å². The summed E-state index contributed by atoms with van der Waals surface area (Å²) < 4.78 is 5.30. The van der Waals surface area contributed by atoms with Gasteiger partial charge < -0.3 is 14.4 Å². The first-order valence-corrected chi connectivity index (χ1v) is 9.93. The Balaban J connectivity index is 1.39. The zero-order valence-corrected chi connectivity index (χ0v) is 16.2. The molecule has 2 aromatic heterocycles. The predicted molar refractivity (Wildman–Crippen MR) is 113 cm³/mol. The number of para-hydroxylation sites is 2. The molecule has 1 aliphatic rings. The Labute approximate surface area is 172 Å². The van der Waals surface area contributed by atoms with Crippen molar-refractivity contribution in [3.63, 3.8) is 0 Å². The first-order valence-electron chi connectivity index (χ1n) is 9.93. The van der Waals surface area contributed by atoms with Crippen LogP contribution in [-0.4, -0.2) is 40.1 Å². The summed E-state index contributed by atoms with van der Waals surface area (Å²) in [7, 11) is 0. The first-order chi connectivity index (χ1) is 14.6. The largest absolute Gasteiger partial charge is 0.422 e. The molecule has 0 spiro atoms. The summed E-state index contributed by atoms with van der Waals surface area (Å²) in [6.07, 6.45) is 1.73. The highest BCUT2D eigenvalue weighted by atomic mass is 16.4. The van der Waals surface area contributed by atoms with Crippen LogP contribution >= 0.6 is 0 Å². The van der Waals surface area contributed by atoms with Crippen LogP contribution in [0.1, 0.15) is 15.9 Å². The highest BCUT2D eigenvalue weighted by Gasteiger charge is 2.35. The molecule has 2 aromatic carbocycles. The SMILES string of the molecule is O=C(c1cc2ccccc2oc1=O)N1C[C@@H](Cc2ccnc3ccccc23)[C@H](O)C1. The van der Waals surface area contributed by atoms with Gasteiger partial charge in [-0.25, -0.2) is 4.79 Å². The van der Waals surface area contributed by atoms with Crippen LogP contribution in [0.5, 0.6) is 0 Å². The van der Waals surface area contributed by atoms with Crippen LogP contribution in [-0.2, 0) is 6.42 Å². The Kier molecular flexibility index (Phi) is 4.56. The number of β-amino-alcohol motifs (C(OH)–C–C–N with tert-alkyl or cyclic N) is 1. The fourth-order valence-corrected chi connectivity index (χ4v) is 4.22. The van der Waals surface area contributed by atoms with Crippen molar-refractivity contribution < 1.29 is 14.3 Å². The number of carbonyl (C=O) groups excluding carboxylic acids is 1. The summed E-state index contributed by atoms with van der Waals surface area (Å²) in [6, 6.07) is 18.5. The van der Waals surface area contributed by atoms with E-state index in [2.05, 4.69) is 4.98 Å². The van der Waals surface area contributed by atoms with Crippen molar-refractivity contribution >= 4 is 27.8 Å². The van der Waals surface area contributed by atoms with Gasteiger partial charge in [0.15, 0.2) is 0 Å². The first kappa shape index (κ1) is 18.5. The van der Waals surface area contributed by atoms with Crippen molar-refractivity contribution in [3.05, 3.63) is 88.4 Å². The normalized spacial score (nSPS) is 18.9. The Hall–Kier alpha value is -3.51. The average molecular weight is 400 g/mol. The van der Waals surface area contributed by atoms with Gasteiger partial charge in [0, 0.05) is 36.0 Å². The lowest BCUT2D eigenvalue weighted by atomic mass is 9.94. The van der Waals surface area contributed by atoms with E-state index in [1.165, 1.54) is 0 Å². The van der Waals surface area contributed by atoms with Crippen LogP contribution in [0.3, 0.4) is 0 Å². The number of hydrogen-bond donors (Lipinski definition) is 1. The van der Waals surface area contributed by atoms with E-state index < -0.39 is 17.6 Å². The minimum atomic E-state index is -0.659. The predicted octanol–water partition coefficient (Wildman–Crippen LogP) is 3.02.